The van der Waals surface area contributed by atoms with Crippen molar-refractivity contribution in [2.75, 3.05) is 13.1 Å². The molecule has 0 aliphatic carbocycles. The lowest BCUT2D eigenvalue weighted by atomic mass is 9.97. The van der Waals surface area contributed by atoms with Crippen LogP contribution < -0.4 is 0 Å². The van der Waals surface area contributed by atoms with Crippen molar-refractivity contribution in [3.8, 4) is 5.69 Å². The van der Waals surface area contributed by atoms with Crippen LogP contribution in [0.3, 0.4) is 0 Å². The van der Waals surface area contributed by atoms with Crippen LogP contribution in [0.15, 0.2) is 72.8 Å². The molecule has 2 atom stereocenters. The summed E-state index contributed by atoms with van der Waals surface area (Å²) in [6.45, 7) is 2.91. The van der Waals surface area contributed by atoms with Gasteiger partial charge < -0.3 is 14.2 Å². The number of ether oxygens (including phenoxy) is 1. The number of aromatic nitrogens is 1. The van der Waals surface area contributed by atoms with Crippen LogP contribution in [-0.4, -0.2) is 48.4 Å². The third-order valence-electron chi connectivity index (χ3n) is 5.52. The molecule has 5 heteroatoms. The summed E-state index contributed by atoms with van der Waals surface area (Å²) in [6.07, 6.45) is -0.0559. The van der Waals surface area contributed by atoms with Gasteiger partial charge in [0.25, 0.3) is 5.91 Å². The fraction of sp³-hybridized carbons (Fsp3) is 0.208. The van der Waals surface area contributed by atoms with E-state index in [1.54, 1.807) is 4.90 Å². The number of para-hydroxylation sites is 2. The van der Waals surface area contributed by atoms with E-state index >= 15 is 0 Å². The SMILES string of the molecule is [B]C1CN(C(=O)c2ccc(-n3c4ccccc4c4ccccc43)cc2)CC(C)O1. The lowest BCUT2D eigenvalue weighted by Crippen LogP contribution is -2.49. The second kappa shape index (κ2) is 7.09. The molecule has 2 radical (unpaired) electrons. The molecule has 5 rings (SSSR count). The van der Waals surface area contributed by atoms with Crippen LogP contribution in [0.4, 0.5) is 0 Å². The predicted octanol–water partition coefficient (Wildman–Crippen LogP) is 4.14. The molecule has 2 unspecified atom stereocenters. The van der Waals surface area contributed by atoms with Gasteiger partial charge in [-0.1, -0.05) is 36.4 Å². The third kappa shape index (κ3) is 3.12. The van der Waals surface area contributed by atoms with Gasteiger partial charge in [0.2, 0.25) is 0 Å². The second-order valence-electron chi connectivity index (χ2n) is 7.61. The zero-order valence-corrected chi connectivity index (χ0v) is 16.3. The number of morpholine rings is 1. The second-order valence-corrected chi connectivity index (χ2v) is 7.61. The number of fused-ring (bicyclic) bond motifs is 3. The maximum absolute atomic E-state index is 12.9. The molecule has 1 saturated heterocycles. The Morgan fingerprint density at radius 1 is 0.897 bits per heavy atom. The highest BCUT2D eigenvalue weighted by Crippen LogP contribution is 2.31. The van der Waals surface area contributed by atoms with E-state index < -0.39 is 6.00 Å². The number of hydrogen-bond donors (Lipinski definition) is 0. The van der Waals surface area contributed by atoms with Gasteiger partial charge in [-0.05, 0) is 43.3 Å². The van der Waals surface area contributed by atoms with Crippen LogP contribution in [0.25, 0.3) is 27.5 Å². The monoisotopic (exact) mass is 380 g/mol. The van der Waals surface area contributed by atoms with Gasteiger partial charge in [0.1, 0.15) is 7.85 Å². The first-order valence-electron chi connectivity index (χ1n) is 9.91. The summed E-state index contributed by atoms with van der Waals surface area (Å²) in [7, 11) is 5.91. The topological polar surface area (TPSA) is 34.5 Å². The Morgan fingerprint density at radius 2 is 1.48 bits per heavy atom. The van der Waals surface area contributed by atoms with Crippen molar-refractivity contribution in [1.29, 1.82) is 0 Å². The zero-order valence-electron chi connectivity index (χ0n) is 16.3. The van der Waals surface area contributed by atoms with Crippen molar-refractivity contribution in [2.45, 2.75) is 19.0 Å². The molecular weight excluding hydrogens is 359 g/mol. The number of nitrogens with zero attached hydrogens (tertiary/aromatic N) is 2. The van der Waals surface area contributed by atoms with Gasteiger partial charge in [-0.3, -0.25) is 4.79 Å². The van der Waals surface area contributed by atoms with Crippen LogP contribution in [0.5, 0.6) is 0 Å². The van der Waals surface area contributed by atoms with Crippen molar-refractivity contribution >= 4 is 35.6 Å². The fourth-order valence-electron chi connectivity index (χ4n) is 4.29. The molecule has 4 nitrogen and oxygen atoms in total. The summed E-state index contributed by atoms with van der Waals surface area (Å²) in [5.74, 6) is -0.00984. The highest BCUT2D eigenvalue weighted by atomic mass is 16.5. The lowest BCUT2D eigenvalue weighted by molar-refractivity contribution is -0.0319. The number of amides is 1. The highest BCUT2D eigenvalue weighted by Gasteiger charge is 2.26. The summed E-state index contributed by atoms with van der Waals surface area (Å²) < 4.78 is 7.77. The maximum atomic E-state index is 12.9. The van der Waals surface area contributed by atoms with Crippen molar-refractivity contribution in [2.24, 2.45) is 0 Å². The van der Waals surface area contributed by atoms with E-state index in [2.05, 4.69) is 53.1 Å². The molecule has 1 aliphatic heterocycles. The summed E-state index contributed by atoms with van der Waals surface area (Å²) in [5, 5.41) is 2.44. The van der Waals surface area contributed by atoms with Gasteiger partial charge in [0.05, 0.1) is 17.1 Å². The van der Waals surface area contributed by atoms with Crippen molar-refractivity contribution in [3.05, 3.63) is 78.4 Å². The molecule has 2 heterocycles. The fourth-order valence-corrected chi connectivity index (χ4v) is 4.29. The van der Waals surface area contributed by atoms with Gasteiger partial charge in [0, 0.05) is 41.1 Å². The van der Waals surface area contributed by atoms with Crippen LogP contribution in [0.1, 0.15) is 17.3 Å². The molecule has 1 aliphatic rings. The summed E-state index contributed by atoms with van der Waals surface area (Å²) in [4.78, 5) is 14.7. The summed E-state index contributed by atoms with van der Waals surface area (Å²) >= 11 is 0. The minimum Gasteiger partial charge on any atom is -0.381 e. The molecule has 29 heavy (non-hydrogen) atoms. The van der Waals surface area contributed by atoms with Crippen molar-refractivity contribution in [3.63, 3.8) is 0 Å². The third-order valence-corrected chi connectivity index (χ3v) is 5.52. The zero-order chi connectivity index (χ0) is 20.0. The summed E-state index contributed by atoms with van der Waals surface area (Å²) in [5.41, 5.74) is 4.00. The van der Waals surface area contributed by atoms with Gasteiger partial charge in [-0.25, -0.2) is 0 Å². The molecule has 0 bridgehead atoms. The molecule has 1 fully saturated rings. The van der Waals surface area contributed by atoms with Crippen molar-refractivity contribution in [1.82, 2.24) is 9.47 Å². The highest BCUT2D eigenvalue weighted by molar-refractivity contribution is 6.11. The number of hydrogen-bond acceptors (Lipinski definition) is 2. The van der Waals surface area contributed by atoms with E-state index in [0.717, 1.165) is 16.7 Å². The number of carbonyl (C=O) groups is 1. The average molecular weight is 380 g/mol. The van der Waals surface area contributed by atoms with Gasteiger partial charge in [-0.2, -0.15) is 0 Å². The molecular formula is C24H21BN2O2. The van der Waals surface area contributed by atoms with Gasteiger partial charge in [0.15, 0.2) is 0 Å². The van der Waals surface area contributed by atoms with Crippen molar-refractivity contribution < 1.29 is 9.53 Å². The van der Waals surface area contributed by atoms with Gasteiger partial charge in [-0.15, -0.1) is 0 Å². The molecule has 4 aromatic rings. The van der Waals surface area contributed by atoms with E-state index in [9.17, 15) is 4.79 Å². The molecule has 1 aromatic heterocycles. The molecule has 0 saturated carbocycles. The Kier molecular flexibility index (Phi) is 4.40. The Hall–Kier alpha value is -3.05. The quantitative estimate of drug-likeness (QED) is 0.490. The van der Waals surface area contributed by atoms with E-state index in [0.29, 0.717) is 18.7 Å². The van der Waals surface area contributed by atoms with E-state index in [-0.39, 0.29) is 12.0 Å². The van der Waals surface area contributed by atoms with Crippen LogP contribution >= 0.6 is 0 Å². The Bertz CT molecular complexity index is 1140. The van der Waals surface area contributed by atoms with E-state index in [1.165, 1.54) is 10.8 Å². The van der Waals surface area contributed by atoms with Crippen LogP contribution in [0, 0.1) is 0 Å². The lowest BCUT2D eigenvalue weighted by Gasteiger charge is -2.35. The maximum Gasteiger partial charge on any atom is 0.254 e. The standard InChI is InChI=1S/C24H21BN2O2/c1-16-14-26(15-23(25)29-16)24(28)17-10-12-18(13-11-17)27-21-8-4-2-6-19(21)20-7-3-5-9-22(20)27/h2-13,16,23H,14-15H2,1H3. The summed E-state index contributed by atoms with van der Waals surface area (Å²) in [6, 6.07) is 24.2. The first-order chi connectivity index (χ1) is 14.1. The Balaban J connectivity index is 1.53. The smallest absolute Gasteiger partial charge is 0.254 e. The average Bonchev–Trinajstić information content (AvgIpc) is 3.07. The van der Waals surface area contributed by atoms with Gasteiger partial charge >= 0.3 is 0 Å². The molecule has 3 aromatic carbocycles. The Morgan fingerprint density at radius 3 is 2.07 bits per heavy atom. The van der Waals surface area contributed by atoms with E-state index in [1.807, 2.05) is 31.2 Å². The normalized spacial score (nSPS) is 19.7. The predicted molar refractivity (Wildman–Crippen MR) is 117 cm³/mol. The molecule has 0 spiro atoms. The molecule has 1 amide bonds. The number of carbonyl (C=O) groups excluding carboxylic acids is 1. The largest absolute Gasteiger partial charge is 0.381 e. The number of benzene rings is 3. The van der Waals surface area contributed by atoms with E-state index in [4.69, 9.17) is 12.6 Å². The minimum absolute atomic E-state index is 0.00984. The Labute approximate surface area is 171 Å². The molecule has 0 N–H and O–H groups in total. The van der Waals surface area contributed by atoms with Crippen LogP contribution in [0.2, 0.25) is 0 Å². The first-order valence-corrected chi connectivity index (χ1v) is 9.91. The number of rotatable bonds is 2. The molecule has 142 valence electrons. The minimum atomic E-state index is -0.431. The first kappa shape index (κ1) is 18.0. The van der Waals surface area contributed by atoms with Crippen LogP contribution in [-0.2, 0) is 4.74 Å².